The van der Waals surface area contributed by atoms with Crippen LogP contribution in [0.25, 0.3) is 11.1 Å². The van der Waals surface area contributed by atoms with Gasteiger partial charge >= 0.3 is 25.7 Å². The molecule has 0 spiro atoms. The van der Waals surface area contributed by atoms with Crippen LogP contribution in [-0.2, 0) is 12.3 Å². The van der Waals surface area contributed by atoms with E-state index in [-0.39, 0.29) is 57.0 Å². The molecule has 0 saturated carbocycles. The number of fused-ring (bicyclic) bond motifs is 4. The Labute approximate surface area is 384 Å². The summed E-state index contributed by atoms with van der Waals surface area (Å²) in [6.45, 7) is -1.32. The van der Waals surface area contributed by atoms with Crippen LogP contribution in [-0.4, -0.2) is 32.4 Å². The highest BCUT2D eigenvalue weighted by molar-refractivity contribution is 7.16. The standard InChI is InChI=1S/C54H39BO5Si3/c1-6-22-42(23-7-1)61(43-24-8-2-9-25-43)58-62(44-26-10-3-11-27-44,45-28-12-4-13-29-45)60-63(59-61,46-30-14-5-15-31-46)47-32-20-21-40(37-47)41-38-52-54-53(39-41)57-51-36-19-17-34-49(51)55(54)48-33-16-18-35-50(48)56-52/h1-39H/i16D,17D,18D,19D,33D,34D,35D,36D,38D,39D. The van der Waals surface area contributed by atoms with Gasteiger partial charge in [-0.15, -0.1) is 0 Å². The zero-order valence-electron chi connectivity index (χ0n) is 43.4. The van der Waals surface area contributed by atoms with Crippen molar-refractivity contribution in [3.8, 4) is 34.1 Å². The minimum absolute atomic E-state index is 0.0245. The Bertz CT molecular complexity index is 3430. The van der Waals surface area contributed by atoms with E-state index in [0.717, 1.165) is 25.9 Å². The summed E-state index contributed by atoms with van der Waals surface area (Å²) < 4.78 is 128. The lowest BCUT2D eigenvalue weighted by molar-refractivity contribution is 0.268. The number of hydrogen-bond acceptors (Lipinski definition) is 5. The lowest BCUT2D eigenvalue weighted by Crippen LogP contribution is -2.88. The molecule has 0 bridgehead atoms. The maximum absolute atomic E-state index is 10.0. The molecule has 0 radical (unpaired) electrons. The molecule has 0 N–H and O–H groups in total. The first kappa shape index (κ1) is 28.7. The Balaban J connectivity index is 1.15. The van der Waals surface area contributed by atoms with Gasteiger partial charge in [0, 0.05) is 5.46 Å². The average molecular weight is 873 g/mol. The zero-order chi connectivity index (χ0) is 50.6. The van der Waals surface area contributed by atoms with Crippen LogP contribution in [0.15, 0.2) is 236 Å². The quantitative estimate of drug-likeness (QED) is 0.179. The first-order valence-electron chi connectivity index (χ1n) is 25.5. The second-order valence-corrected chi connectivity index (χ2v) is 25.0. The van der Waals surface area contributed by atoms with E-state index < -0.39 is 80.7 Å². The summed E-state index contributed by atoms with van der Waals surface area (Å²) in [7, 11) is -12.1. The predicted molar refractivity (Wildman–Crippen MR) is 260 cm³/mol. The number of para-hydroxylation sites is 2. The molecular weight excluding hydrogens is 824 g/mol. The van der Waals surface area contributed by atoms with Gasteiger partial charge in [0.25, 0.3) is 6.71 Å². The van der Waals surface area contributed by atoms with Crippen LogP contribution >= 0.6 is 0 Å². The Hall–Kier alpha value is -6.82. The van der Waals surface area contributed by atoms with Crippen molar-refractivity contribution >= 4 is 79.9 Å². The monoisotopic (exact) mass is 872 g/mol. The molecule has 3 heterocycles. The fourth-order valence-electron chi connectivity index (χ4n) is 8.93. The Morgan fingerprint density at radius 1 is 0.349 bits per heavy atom. The minimum Gasteiger partial charge on any atom is -0.458 e. The summed E-state index contributed by atoms with van der Waals surface area (Å²) in [6, 6.07) is 52.2. The topological polar surface area (TPSA) is 46.2 Å². The van der Waals surface area contributed by atoms with Crippen molar-refractivity contribution in [3.05, 3.63) is 236 Å². The normalized spacial score (nSPS) is 18.3. The van der Waals surface area contributed by atoms with E-state index in [2.05, 4.69) is 0 Å². The third-order valence-electron chi connectivity index (χ3n) is 11.8. The first-order valence-corrected chi connectivity index (χ1v) is 26.0. The molecule has 1 fully saturated rings. The molecule has 9 heteroatoms. The van der Waals surface area contributed by atoms with Crippen LogP contribution in [0.4, 0.5) is 0 Å². The third-order valence-corrected chi connectivity index (χ3v) is 25.2. The second kappa shape index (κ2) is 15.2. The van der Waals surface area contributed by atoms with Gasteiger partial charge in [0.2, 0.25) is 0 Å². The minimum atomic E-state index is -4.19. The second-order valence-electron chi connectivity index (χ2n) is 15.4. The van der Waals surface area contributed by atoms with E-state index in [0.29, 0.717) is 10.8 Å². The number of ether oxygens (including phenoxy) is 2. The van der Waals surface area contributed by atoms with Crippen LogP contribution in [0.1, 0.15) is 13.7 Å². The third kappa shape index (κ3) is 6.16. The highest BCUT2D eigenvalue weighted by Gasteiger charge is 2.67. The molecule has 9 aromatic rings. The summed E-state index contributed by atoms with van der Waals surface area (Å²) in [5.74, 6) is -0.961. The maximum Gasteiger partial charge on any atom is 0.390 e. The van der Waals surface area contributed by atoms with E-state index in [1.165, 1.54) is 0 Å². The van der Waals surface area contributed by atoms with Crippen molar-refractivity contribution in [1.29, 1.82) is 0 Å². The van der Waals surface area contributed by atoms with Crippen LogP contribution in [0, 0.1) is 0 Å². The molecule has 9 aromatic carbocycles. The van der Waals surface area contributed by atoms with Gasteiger partial charge in [-0.3, -0.25) is 0 Å². The summed E-state index contributed by atoms with van der Waals surface area (Å²) in [4.78, 5) is 0. The van der Waals surface area contributed by atoms with Gasteiger partial charge < -0.3 is 21.8 Å². The van der Waals surface area contributed by atoms with Crippen molar-refractivity contribution in [2.24, 2.45) is 0 Å². The van der Waals surface area contributed by atoms with Crippen molar-refractivity contribution in [3.63, 3.8) is 0 Å². The zero-order valence-corrected chi connectivity index (χ0v) is 36.4. The first-order chi connectivity index (χ1) is 35.3. The van der Waals surface area contributed by atoms with Gasteiger partial charge in [-0.25, -0.2) is 0 Å². The molecule has 300 valence electrons. The predicted octanol–water partition coefficient (Wildman–Crippen LogP) is 6.21. The van der Waals surface area contributed by atoms with E-state index in [9.17, 15) is 2.74 Å². The molecule has 0 aliphatic carbocycles. The van der Waals surface area contributed by atoms with Gasteiger partial charge in [0.1, 0.15) is 23.0 Å². The Morgan fingerprint density at radius 3 is 1.10 bits per heavy atom. The Morgan fingerprint density at radius 2 is 0.698 bits per heavy atom. The lowest BCUT2D eigenvalue weighted by Gasteiger charge is -2.53. The van der Waals surface area contributed by atoms with Crippen LogP contribution in [0.3, 0.4) is 0 Å². The molecule has 1 saturated heterocycles. The van der Waals surface area contributed by atoms with Crippen molar-refractivity contribution in [2.45, 2.75) is 0 Å². The summed E-state index contributed by atoms with van der Waals surface area (Å²) in [5.41, 5.74) is 0.232. The fourth-order valence-corrected chi connectivity index (χ4v) is 25.9. The van der Waals surface area contributed by atoms with Gasteiger partial charge in [0.15, 0.2) is 0 Å². The lowest BCUT2D eigenvalue weighted by atomic mass is 9.35. The average Bonchev–Trinajstić information content (AvgIpc) is 3.45. The summed E-state index contributed by atoms with van der Waals surface area (Å²) in [5, 5.41) is 4.81. The number of hydrogen-bond donors (Lipinski definition) is 0. The molecule has 0 aromatic heterocycles. The SMILES string of the molecule is [2H]c1c([2H])c([2H])c2c(c1[2H])Oc1c([2H])c(-c3cccc([Si]4(c5ccccc5)O[Si](c5ccccc5)(c5ccccc5)O[Si](c5ccccc5)(c5ccccc5)O4)c3)c([2H])c3c1B2c1c([2H])c([2H])c([2H])c([2H])c1O3. The van der Waals surface area contributed by atoms with E-state index in [1.54, 1.807) is 6.07 Å². The van der Waals surface area contributed by atoms with Crippen molar-refractivity contribution < 1.29 is 35.5 Å². The van der Waals surface area contributed by atoms with Crippen LogP contribution < -0.4 is 57.0 Å². The van der Waals surface area contributed by atoms with Crippen LogP contribution in [0.5, 0.6) is 23.0 Å². The van der Waals surface area contributed by atoms with Crippen molar-refractivity contribution in [1.82, 2.24) is 0 Å². The largest absolute Gasteiger partial charge is 0.458 e. The maximum atomic E-state index is 10.0. The summed E-state index contributed by atoms with van der Waals surface area (Å²) in [6.07, 6.45) is 0. The smallest absolute Gasteiger partial charge is 0.390 e. The molecule has 0 amide bonds. The van der Waals surface area contributed by atoms with Gasteiger partial charge in [-0.2, -0.15) is 0 Å². The molecule has 0 unspecified atom stereocenters. The molecule has 12 rings (SSSR count). The van der Waals surface area contributed by atoms with E-state index >= 15 is 0 Å². The highest BCUT2D eigenvalue weighted by Crippen LogP contribution is 2.39. The van der Waals surface area contributed by atoms with Gasteiger partial charge in [-0.1, -0.05) is 212 Å². The molecule has 5 nitrogen and oxygen atoms in total. The molecule has 3 aliphatic rings. The number of rotatable bonds is 7. The highest BCUT2D eigenvalue weighted by atomic mass is 28.5. The van der Waals surface area contributed by atoms with Gasteiger partial charge in [-0.05, 0) is 77.3 Å². The number of benzene rings is 9. The molecular formula is C54H39BO5Si3. The fraction of sp³-hybridized carbons (Fsp3) is 0. The molecule has 0 atom stereocenters. The molecule has 3 aliphatic heterocycles. The van der Waals surface area contributed by atoms with E-state index in [1.807, 2.05) is 170 Å². The van der Waals surface area contributed by atoms with Crippen LogP contribution in [0.2, 0.25) is 0 Å². The van der Waals surface area contributed by atoms with Gasteiger partial charge in [0.05, 0.1) is 13.7 Å². The van der Waals surface area contributed by atoms with E-state index in [4.69, 9.17) is 32.8 Å². The Kier molecular flexibility index (Phi) is 6.93. The van der Waals surface area contributed by atoms with Crippen molar-refractivity contribution in [2.75, 3.05) is 0 Å². The molecule has 63 heavy (non-hydrogen) atoms. The summed E-state index contributed by atoms with van der Waals surface area (Å²) >= 11 is 0.